The van der Waals surface area contributed by atoms with Gasteiger partial charge in [0.25, 0.3) is 0 Å². The summed E-state index contributed by atoms with van der Waals surface area (Å²) in [5.41, 5.74) is 6.92. The molecule has 0 aliphatic carbocycles. The number of rotatable bonds is 5. The number of carbonyl (C=O) groups excluding carboxylic acids is 1. The Bertz CT molecular complexity index is 1800. The van der Waals surface area contributed by atoms with Crippen molar-refractivity contribution in [3.63, 3.8) is 0 Å². The second kappa shape index (κ2) is 14.6. The summed E-state index contributed by atoms with van der Waals surface area (Å²) in [6.45, 7) is 13.0. The van der Waals surface area contributed by atoms with Gasteiger partial charge in [-0.25, -0.2) is 9.48 Å². The predicted molar refractivity (Wildman–Crippen MR) is 194 cm³/mol. The van der Waals surface area contributed by atoms with Crippen LogP contribution in [0.15, 0.2) is 65.7 Å². The third-order valence-corrected chi connectivity index (χ3v) is 9.76. The summed E-state index contributed by atoms with van der Waals surface area (Å²) in [5, 5.41) is 9.71. The third-order valence-electron chi connectivity index (χ3n) is 8.99. The van der Waals surface area contributed by atoms with E-state index >= 15 is 0 Å². The van der Waals surface area contributed by atoms with Crippen LogP contribution in [0.5, 0.6) is 0 Å². The Morgan fingerprint density at radius 1 is 1.02 bits per heavy atom. The highest BCUT2D eigenvalue weighted by atomic mass is 32.2. The number of pyridine rings is 1. The molecule has 0 radical (unpaired) electrons. The minimum absolute atomic E-state index is 0.243. The molecule has 3 aromatic heterocycles. The monoisotopic (exact) mass is 669 g/mol. The molecule has 0 N–H and O–H groups in total. The van der Waals surface area contributed by atoms with Crippen LogP contribution in [0, 0.1) is 12.8 Å². The summed E-state index contributed by atoms with van der Waals surface area (Å²) in [5.74, 6) is 0.539. The maximum atomic E-state index is 12.7. The fraction of sp³-hybridized carbons (Fsp3) is 0.459. The minimum Gasteiger partial charge on any atom is -0.444 e. The first-order chi connectivity index (χ1) is 23.1. The lowest BCUT2D eigenvalue weighted by atomic mass is 10.0. The zero-order valence-corrected chi connectivity index (χ0v) is 29.8. The van der Waals surface area contributed by atoms with Crippen molar-refractivity contribution in [1.29, 1.82) is 0 Å². The van der Waals surface area contributed by atoms with E-state index in [0.717, 1.165) is 73.7 Å². The van der Waals surface area contributed by atoms with Gasteiger partial charge in [-0.05, 0) is 70.9 Å². The molecule has 2 aliphatic rings. The van der Waals surface area contributed by atoms with Crippen molar-refractivity contribution < 1.29 is 14.3 Å². The van der Waals surface area contributed by atoms with Crippen molar-refractivity contribution in [3.8, 4) is 11.3 Å². The molecular formula is C37H47N7O3S. The van der Waals surface area contributed by atoms with Crippen molar-refractivity contribution in [2.45, 2.75) is 57.6 Å². The van der Waals surface area contributed by atoms with Gasteiger partial charge in [0.2, 0.25) is 0 Å². The van der Waals surface area contributed by atoms with E-state index < -0.39 is 5.60 Å². The quantitative estimate of drug-likeness (QED) is 0.182. The summed E-state index contributed by atoms with van der Waals surface area (Å²) in [6.07, 6.45) is 5.98. The van der Waals surface area contributed by atoms with Crippen molar-refractivity contribution >= 4 is 45.5 Å². The number of nitrogens with zero attached hydrogens (tertiary/aromatic N) is 7. The molecule has 2 saturated heterocycles. The Balaban J connectivity index is 0.000000604. The van der Waals surface area contributed by atoms with E-state index in [1.807, 2.05) is 86.9 Å². The van der Waals surface area contributed by atoms with Crippen LogP contribution in [-0.2, 0) is 23.1 Å². The van der Waals surface area contributed by atoms with Crippen LogP contribution >= 0.6 is 11.8 Å². The molecule has 0 spiro atoms. The van der Waals surface area contributed by atoms with Gasteiger partial charge in [-0.3, -0.25) is 4.98 Å². The Morgan fingerprint density at radius 3 is 2.27 bits per heavy atom. The fourth-order valence-corrected chi connectivity index (χ4v) is 7.28. The van der Waals surface area contributed by atoms with E-state index in [-0.39, 0.29) is 6.09 Å². The lowest BCUT2D eigenvalue weighted by molar-refractivity contribution is 0.0240. The van der Waals surface area contributed by atoms with E-state index in [1.54, 1.807) is 11.8 Å². The lowest BCUT2D eigenvalue weighted by Crippen LogP contribution is -2.50. The number of hydrogen-bond donors (Lipinski definition) is 0. The summed E-state index contributed by atoms with van der Waals surface area (Å²) >= 11 is 1.78. The average molecular weight is 670 g/mol. The van der Waals surface area contributed by atoms with Crippen molar-refractivity contribution in [1.82, 2.24) is 29.4 Å². The summed E-state index contributed by atoms with van der Waals surface area (Å²) in [4.78, 5) is 23.3. The van der Waals surface area contributed by atoms with E-state index in [9.17, 15) is 4.79 Å². The van der Waals surface area contributed by atoms with Gasteiger partial charge >= 0.3 is 6.09 Å². The molecule has 2 aliphatic heterocycles. The number of aryl methyl sites for hydroxylation is 2. The number of ether oxygens (including phenoxy) is 2. The van der Waals surface area contributed by atoms with Gasteiger partial charge < -0.3 is 23.8 Å². The predicted octanol–water partition coefficient (Wildman–Crippen LogP) is 7.19. The zero-order valence-electron chi connectivity index (χ0n) is 29.0. The van der Waals surface area contributed by atoms with Gasteiger partial charge in [0.1, 0.15) is 5.60 Å². The van der Waals surface area contributed by atoms with Crippen molar-refractivity contribution in [2.75, 3.05) is 50.5 Å². The van der Waals surface area contributed by atoms with Crippen LogP contribution in [-0.4, -0.2) is 86.8 Å². The summed E-state index contributed by atoms with van der Waals surface area (Å²) in [7, 11) is 1.93. The molecule has 10 nitrogen and oxygen atoms in total. The average Bonchev–Trinajstić information content (AvgIpc) is 3.60. The van der Waals surface area contributed by atoms with Crippen LogP contribution in [0.25, 0.3) is 33.2 Å². The molecule has 0 bridgehead atoms. The molecule has 48 heavy (non-hydrogen) atoms. The number of aromatic nitrogens is 5. The molecular weight excluding hydrogens is 623 g/mol. The van der Waals surface area contributed by atoms with Gasteiger partial charge in [0, 0.05) is 75.3 Å². The Labute approximate surface area is 287 Å². The first kappa shape index (κ1) is 33.8. The van der Waals surface area contributed by atoms with Crippen LogP contribution in [0.3, 0.4) is 0 Å². The second-order valence-electron chi connectivity index (χ2n) is 13.5. The molecule has 2 fully saturated rings. The summed E-state index contributed by atoms with van der Waals surface area (Å²) < 4.78 is 15.7. The van der Waals surface area contributed by atoms with Crippen molar-refractivity contribution in [3.05, 3.63) is 66.5 Å². The van der Waals surface area contributed by atoms with E-state index in [2.05, 4.69) is 44.2 Å². The van der Waals surface area contributed by atoms with Crippen molar-refractivity contribution in [2.24, 2.45) is 13.0 Å². The number of carbonyl (C=O) groups is 1. The van der Waals surface area contributed by atoms with Gasteiger partial charge in [-0.2, -0.15) is 0 Å². The molecule has 2 aromatic carbocycles. The van der Waals surface area contributed by atoms with E-state index in [1.165, 1.54) is 21.5 Å². The molecule has 5 aromatic rings. The minimum atomic E-state index is -0.505. The zero-order chi connectivity index (χ0) is 33.8. The van der Waals surface area contributed by atoms with Crippen LogP contribution in [0.2, 0.25) is 0 Å². The van der Waals surface area contributed by atoms with Gasteiger partial charge in [0.15, 0.2) is 0 Å². The van der Waals surface area contributed by atoms with Gasteiger partial charge in [0.05, 0.1) is 33.3 Å². The smallest absolute Gasteiger partial charge is 0.410 e. The van der Waals surface area contributed by atoms with Crippen LogP contribution in [0.4, 0.5) is 10.5 Å². The van der Waals surface area contributed by atoms with Crippen LogP contribution in [0.1, 0.15) is 39.3 Å². The van der Waals surface area contributed by atoms with Gasteiger partial charge in [-0.1, -0.05) is 41.6 Å². The maximum Gasteiger partial charge on any atom is 0.410 e. The second-order valence-corrected chi connectivity index (χ2v) is 14.4. The van der Waals surface area contributed by atoms with E-state index in [0.29, 0.717) is 19.0 Å². The van der Waals surface area contributed by atoms with Crippen LogP contribution < -0.4 is 4.90 Å². The Hall–Kier alpha value is -4.09. The third kappa shape index (κ3) is 7.32. The van der Waals surface area contributed by atoms with E-state index in [4.69, 9.17) is 14.5 Å². The highest BCUT2D eigenvalue weighted by molar-refractivity contribution is 7.98. The molecule has 0 unspecified atom stereocenters. The molecule has 0 atom stereocenters. The fourth-order valence-electron chi connectivity index (χ4n) is 6.67. The number of hydrogen-bond acceptors (Lipinski definition) is 8. The molecule has 5 heterocycles. The topological polar surface area (TPSA) is 90.5 Å². The number of fused-ring (bicyclic) bond motifs is 3. The SMILES string of the molecule is CSc1ccc(N2CCN(C(=O)OC(C)(C)C)CC2)c2c3ncc(-c4c(C)nnn4C)cc3n(CC3CCOCC3)c12.c1ccccc1. The number of thioether (sulfide) groups is 1. The number of amides is 1. The molecule has 11 heteroatoms. The number of benzene rings is 2. The Morgan fingerprint density at radius 2 is 1.69 bits per heavy atom. The number of piperazine rings is 1. The standard InChI is InChI=1S/C31H41N7O3S.C6H6/c1-20-28(35(5)34-33-20)22-17-24-27(32-18-22)26-23(36-11-13-37(14-12-36)30(39)41-31(2,3)4)7-8-25(42-6)29(26)38(24)19-21-9-15-40-16-10-21;1-2-4-6-5-3-1/h7-8,17-18,21H,9-16,19H2,1-6H3;1-6H. The normalized spacial score (nSPS) is 15.9. The van der Waals surface area contributed by atoms with Gasteiger partial charge in [-0.15, -0.1) is 16.9 Å². The number of anilines is 1. The first-order valence-electron chi connectivity index (χ1n) is 16.8. The molecule has 254 valence electrons. The summed E-state index contributed by atoms with van der Waals surface area (Å²) in [6, 6.07) is 18.8. The molecule has 1 amide bonds. The molecule has 7 rings (SSSR count). The first-order valence-corrected chi connectivity index (χ1v) is 18.0. The maximum absolute atomic E-state index is 12.7. The highest BCUT2D eigenvalue weighted by Crippen LogP contribution is 2.42. The lowest BCUT2D eigenvalue weighted by Gasteiger charge is -2.37. The largest absolute Gasteiger partial charge is 0.444 e. The highest BCUT2D eigenvalue weighted by Gasteiger charge is 2.29. The Kier molecular flexibility index (Phi) is 10.3. The molecule has 0 saturated carbocycles.